The van der Waals surface area contributed by atoms with Gasteiger partial charge in [0.05, 0.1) is 18.6 Å². The Hall–Kier alpha value is -3.00. The molecule has 0 amide bonds. The van der Waals surface area contributed by atoms with E-state index in [1.54, 1.807) is 18.5 Å². The summed E-state index contributed by atoms with van der Waals surface area (Å²) in [5, 5.41) is 26.3. The van der Waals surface area contributed by atoms with Crippen molar-refractivity contribution in [3.63, 3.8) is 0 Å². The van der Waals surface area contributed by atoms with Crippen LogP contribution in [0, 0.1) is 5.92 Å². The number of benzene rings is 1. The number of nitrogens with one attached hydrogen (secondary N) is 1. The van der Waals surface area contributed by atoms with Crippen LogP contribution in [0.15, 0.2) is 42.7 Å². The minimum Gasteiger partial charge on any atom is -0.507 e. The number of phenolic OH excluding ortho intramolecular Hbond substituents is 1. The maximum absolute atomic E-state index is 13.1. The molecule has 2 aromatic heterocycles. The van der Waals surface area contributed by atoms with E-state index in [9.17, 15) is 9.50 Å². The minimum atomic E-state index is -0.358. The number of hydrogen-bond acceptors (Lipinski definition) is 6. The lowest BCUT2D eigenvalue weighted by Crippen LogP contribution is -2.60. The van der Waals surface area contributed by atoms with Gasteiger partial charge in [-0.1, -0.05) is 13.0 Å². The highest BCUT2D eigenvalue weighted by Gasteiger charge is 2.42. The van der Waals surface area contributed by atoms with E-state index < -0.39 is 0 Å². The zero-order valence-corrected chi connectivity index (χ0v) is 19.8. The van der Waals surface area contributed by atoms with Crippen molar-refractivity contribution in [2.45, 2.75) is 45.2 Å². The summed E-state index contributed by atoms with van der Waals surface area (Å²) in [5.74, 6) is 1.26. The van der Waals surface area contributed by atoms with Gasteiger partial charge < -0.3 is 14.9 Å². The van der Waals surface area contributed by atoms with Gasteiger partial charge in [-0.05, 0) is 69.5 Å². The highest BCUT2D eigenvalue weighted by molar-refractivity contribution is 5.73. The smallest absolute Gasteiger partial charge is 0.151 e. The molecule has 2 atom stereocenters. The van der Waals surface area contributed by atoms with Crippen LogP contribution in [0.5, 0.6) is 5.75 Å². The first-order chi connectivity index (χ1) is 15.8. The van der Waals surface area contributed by atoms with Gasteiger partial charge in [0.1, 0.15) is 5.75 Å². The number of H-pyrrole nitrogens is 1. The number of phenols is 1. The number of anilines is 1. The fourth-order valence-corrected chi connectivity index (χ4v) is 4.75. The van der Waals surface area contributed by atoms with Gasteiger partial charge in [0.15, 0.2) is 5.82 Å². The second-order valence-corrected chi connectivity index (χ2v) is 9.45. The molecule has 0 bridgehead atoms. The van der Waals surface area contributed by atoms with Gasteiger partial charge in [-0.3, -0.25) is 9.49 Å². The molecule has 3 aromatic rings. The Morgan fingerprint density at radius 1 is 1.21 bits per heavy atom. The number of alkyl halides is 1. The summed E-state index contributed by atoms with van der Waals surface area (Å²) in [4.78, 5) is 4.61. The zero-order chi connectivity index (χ0) is 23.6. The van der Waals surface area contributed by atoms with Crippen LogP contribution in [0.3, 0.4) is 0 Å². The molecule has 4 rings (SSSR count). The predicted octanol–water partition coefficient (Wildman–Crippen LogP) is 4.52. The van der Waals surface area contributed by atoms with Crippen LogP contribution < -0.4 is 4.90 Å². The summed E-state index contributed by atoms with van der Waals surface area (Å²) in [6.07, 6.45) is 4.94. The largest absolute Gasteiger partial charge is 0.507 e. The minimum absolute atomic E-state index is 0.0345. The fourth-order valence-electron chi connectivity index (χ4n) is 4.75. The number of aromatic hydroxyl groups is 1. The molecule has 2 unspecified atom stereocenters. The molecule has 1 fully saturated rings. The summed E-state index contributed by atoms with van der Waals surface area (Å²) >= 11 is 0. The number of nitrogens with zero attached hydrogens (tertiary/aromatic N) is 5. The van der Waals surface area contributed by atoms with Crippen molar-refractivity contribution in [2.24, 2.45) is 5.92 Å². The van der Waals surface area contributed by atoms with Crippen LogP contribution >= 0.6 is 0 Å². The molecule has 0 radical (unpaired) electrons. The average molecular weight is 453 g/mol. The normalized spacial score (nSPS) is 20.6. The lowest BCUT2D eigenvalue weighted by Gasteiger charge is -2.52. The second-order valence-electron chi connectivity index (χ2n) is 9.45. The molecule has 0 spiro atoms. The highest BCUT2D eigenvalue weighted by atomic mass is 19.1. The van der Waals surface area contributed by atoms with E-state index >= 15 is 0 Å². The number of aromatic amines is 1. The second kappa shape index (κ2) is 9.47. The predicted molar refractivity (Wildman–Crippen MR) is 129 cm³/mol. The quantitative estimate of drug-likeness (QED) is 0.548. The van der Waals surface area contributed by atoms with Gasteiger partial charge in [-0.2, -0.15) is 5.10 Å². The lowest BCUT2D eigenvalue weighted by molar-refractivity contribution is 0.0376. The monoisotopic (exact) mass is 452 g/mol. The molecule has 8 heteroatoms. The summed E-state index contributed by atoms with van der Waals surface area (Å²) in [6, 6.07) is 9.52. The van der Waals surface area contributed by atoms with E-state index in [0.717, 1.165) is 29.9 Å². The van der Waals surface area contributed by atoms with Crippen LogP contribution in [0.2, 0.25) is 0 Å². The Kier molecular flexibility index (Phi) is 6.65. The number of hydrogen-bond donors (Lipinski definition) is 2. The van der Waals surface area contributed by atoms with Crippen LogP contribution in [-0.2, 0) is 0 Å². The Morgan fingerprint density at radius 2 is 2.03 bits per heavy atom. The van der Waals surface area contributed by atoms with Crippen LogP contribution in [-0.4, -0.2) is 68.8 Å². The molecule has 33 heavy (non-hydrogen) atoms. The molecule has 0 saturated carbocycles. The van der Waals surface area contributed by atoms with Gasteiger partial charge in [0.2, 0.25) is 0 Å². The number of piperidine rings is 1. The molecule has 0 aliphatic carbocycles. The molecule has 1 aliphatic rings. The average Bonchev–Trinajstić information content (AvgIpc) is 3.35. The zero-order valence-electron chi connectivity index (χ0n) is 19.8. The first kappa shape index (κ1) is 23.2. The van der Waals surface area contributed by atoms with E-state index in [-0.39, 0.29) is 24.0 Å². The number of likely N-dealkylation sites (tertiary alicyclic amines) is 1. The van der Waals surface area contributed by atoms with Crippen molar-refractivity contribution in [3.05, 3.63) is 42.7 Å². The molecule has 1 saturated heterocycles. The molecule has 1 aromatic carbocycles. The Labute approximate surface area is 194 Å². The molecule has 2 N–H and O–H groups in total. The van der Waals surface area contributed by atoms with Crippen molar-refractivity contribution in [3.8, 4) is 28.1 Å². The van der Waals surface area contributed by atoms with Crippen molar-refractivity contribution < 1.29 is 9.50 Å². The lowest BCUT2D eigenvalue weighted by atomic mass is 9.76. The number of rotatable bonds is 7. The van der Waals surface area contributed by atoms with E-state index in [1.807, 2.05) is 24.3 Å². The van der Waals surface area contributed by atoms with Crippen molar-refractivity contribution >= 4 is 5.82 Å². The fraction of sp³-hybridized carbons (Fsp3) is 0.480. The Bertz CT molecular complexity index is 1050. The van der Waals surface area contributed by atoms with Crippen molar-refractivity contribution in [1.82, 2.24) is 25.3 Å². The van der Waals surface area contributed by atoms with Crippen LogP contribution in [0.4, 0.5) is 10.2 Å². The van der Waals surface area contributed by atoms with Crippen molar-refractivity contribution in [1.29, 1.82) is 0 Å². The van der Waals surface area contributed by atoms with E-state index in [0.29, 0.717) is 30.1 Å². The molecule has 176 valence electrons. The Morgan fingerprint density at radius 3 is 2.67 bits per heavy atom. The highest BCUT2D eigenvalue weighted by Crippen LogP contribution is 2.37. The summed E-state index contributed by atoms with van der Waals surface area (Å²) < 4.78 is 13.1. The number of aromatic nitrogens is 4. The van der Waals surface area contributed by atoms with Gasteiger partial charge in [0, 0.05) is 42.0 Å². The third-order valence-electron chi connectivity index (χ3n) is 7.42. The molecule has 3 heterocycles. The summed E-state index contributed by atoms with van der Waals surface area (Å²) in [6.45, 7) is 8.03. The van der Waals surface area contributed by atoms with Crippen molar-refractivity contribution in [2.75, 3.05) is 31.7 Å². The number of halogens is 1. The maximum Gasteiger partial charge on any atom is 0.151 e. The molecular formula is C25H33FN6O. The molecule has 1 aliphatic heterocycles. The SMILES string of the molecule is CC1C(N(CCCF)c2ccc(-c3ccc(-c4cn[nH]c4)cc3O)nn2)CCN(C)C1(C)C. The van der Waals surface area contributed by atoms with Gasteiger partial charge in [-0.25, -0.2) is 0 Å². The van der Waals surface area contributed by atoms with E-state index in [4.69, 9.17) is 0 Å². The summed E-state index contributed by atoms with van der Waals surface area (Å²) in [7, 11) is 2.16. The van der Waals surface area contributed by atoms with Crippen LogP contribution in [0.1, 0.15) is 33.6 Å². The van der Waals surface area contributed by atoms with Gasteiger partial charge in [-0.15, -0.1) is 10.2 Å². The van der Waals surface area contributed by atoms with E-state index in [2.05, 4.69) is 58.0 Å². The third-order valence-corrected chi connectivity index (χ3v) is 7.42. The van der Waals surface area contributed by atoms with E-state index in [1.165, 1.54) is 0 Å². The van der Waals surface area contributed by atoms with Gasteiger partial charge >= 0.3 is 0 Å². The Balaban J connectivity index is 1.59. The first-order valence-corrected chi connectivity index (χ1v) is 11.5. The molecule has 7 nitrogen and oxygen atoms in total. The standard InChI is InChI=1S/C25H33FN6O/c1-17-22(10-13-31(4)25(17,2)3)32(12-5-11-26)24-9-8-21(29-30-24)20-7-6-18(14-23(20)33)19-15-27-28-16-19/h6-9,14-17,22,33H,5,10-13H2,1-4H3,(H,27,28). The third kappa shape index (κ3) is 4.57. The molecular weight excluding hydrogens is 419 g/mol. The van der Waals surface area contributed by atoms with Gasteiger partial charge in [0.25, 0.3) is 0 Å². The first-order valence-electron chi connectivity index (χ1n) is 11.5. The topological polar surface area (TPSA) is 81.2 Å². The maximum atomic E-state index is 13.1. The summed E-state index contributed by atoms with van der Waals surface area (Å²) in [5.41, 5.74) is 3.01. The van der Waals surface area contributed by atoms with Crippen LogP contribution in [0.25, 0.3) is 22.4 Å².